The lowest BCUT2D eigenvalue weighted by Gasteiger charge is -2.21. The molecule has 0 spiro atoms. The van der Waals surface area contributed by atoms with Crippen LogP contribution in [-0.4, -0.2) is 52.3 Å². The molecule has 21 heavy (non-hydrogen) atoms. The number of aliphatic hydroxyl groups excluding tert-OH is 1. The van der Waals surface area contributed by atoms with Crippen LogP contribution in [0.15, 0.2) is 24.3 Å². The van der Waals surface area contributed by atoms with E-state index in [4.69, 9.17) is 9.84 Å². The third kappa shape index (κ3) is 3.52. The van der Waals surface area contributed by atoms with E-state index in [1.165, 1.54) is 4.90 Å². The highest BCUT2D eigenvalue weighted by Crippen LogP contribution is 2.22. The van der Waals surface area contributed by atoms with E-state index in [-0.39, 0.29) is 13.0 Å². The second-order valence-electron chi connectivity index (χ2n) is 5.08. The van der Waals surface area contributed by atoms with E-state index in [1.54, 1.807) is 24.3 Å². The number of carbonyl (C=O) groups excluding carboxylic acids is 1. The van der Waals surface area contributed by atoms with Gasteiger partial charge in [-0.15, -0.1) is 0 Å². The number of carboxylic acids is 1. The molecule has 2 rings (SSSR count). The van der Waals surface area contributed by atoms with Crippen LogP contribution in [0.2, 0.25) is 0 Å². The summed E-state index contributed by atoms with van der Waals surface area (Å²) in [6, 6.07) is 5.68. The van der Waals surface area contributed by atoms with Crippen LogP contribution in [0.1, 0.15) is 30.1 Å². The van der Waals surface area contributed by atoms with Crippen LogP contribution < -0.4 is 4.74 Å². The van der Waals surface area contributed by atoms with Gasteiger partial charge in [-0.2, -0.15) is 0 Å². The van der Waals surface area contributed by atoms with E-state index < -0.39 is 24.0 Å². The summed E-state index contributed by atoms with van der Waals surface area (Å²) in [5, 5.41) is 18.7. The number of rotatable bonds is 5. The van der Waals surface area contributed by atoms with Gasteiger partial charge in [-0.05, 0) is 24.6 Å². The molecule has 0 radical (unpaired) electrons. The Morgan fingerprint density at radius 3 is 2.86 bits per heavy atom. The number of benzene rings is 1. The number of nitrogens with zero attached hydrogens (tertiary/aromatic N) is 1. The first-order valence-corrected chi connectivity index (χ1v) is 6.97. The third-order valence-electron chi connectivity index (χ3n) is 3.38. The molecule has 1 heterocycles. The number of β-amino-alcohol motifs (C(OH)–C–C–N with tert-alkyl or cyclic N) is 1. The maximum absolute atomic E-state index is 12.4. The molecular formula is C15H19NO5. The van der Waals surface area contributed by atoms with E-state index in [9.17, 15) is 14.7 Å². The van der Waals surface area contributed by atoms with E-state index in [2.05, 4.69) is 0 Å². The van der Waals surface area contributed by atoms with E-state index in [0.717, 1.165) is 6.42 Å². The number of hydrogen-bond acceptors (Lipinski definition) is 4. The standard InChI is InChI=1S/C15H19NO5/c1-2-6-21-12-5-3-4-10(7-12)14(18)16-9-11(17)8-13(16)15(19)20/h3-5,7,11,13,17H,2,6,8-9H2,1H3,(H,19,20)/t11-,13-/m1/s1. The Balaban J connectivity index is 2.17. The molecule has 1 aliphatic rings. The summed E-state index contributed by atoms with van der Waals surface area (Å²) >= 11 is 0. The first-order valence-electron chi connectivity index (χ1n) is 6.97. The van der Waals surface area contributed by atoms with Crippen LogP contribution in [0.3, 0.4) is 0 Å². The average molecular weight is 293 g/mol. The second-order valence-corrected chi connectivity index (χ2v) is 5.08. The fraction of sp³-hybridized carbons (Fsp3) is 0.467. The van der Waals surface area contributed by atoms with Gasteiger partial charge in [-0.3, -0.25) is 4.79 Å². The number of ether oxygens (including phenoxy) is 1. The van der Waals surface area contributed by atoms with Crippen molar-refractivity contribution in [1.82, 2.24) is 4.90 Å². The van der Waals surface area contributed by atoms with Crippen LogP contribution in [0.5, 0.6) is 5.75 Å². The largest absolute Gasteiger partial charge is 0.494 e. The molecular weight excluding hydrogens is 274 g/mol. The van der Waals surface area contributed by atoms with Gasteiger partial charge >= 0.3 is 5.97 Å². The molecule has 0 aromatic heterocycles. The fourth-order valence-corrected chi connectivity index (χ4v) is 2.38. The summed E-state index contributed by atoms with van der Waals surface area (Å²) in [4.78, 5) is 24.8. The van der Waals surface area contributed by atoms with E-state index in [1.807, 2.05) is 6.92 Å². The molecule has 1 amide bonds. The predicted octanol–water partition coefficient (Wildman–Crippen LogP) is 1.14. The van der Waals surface area contributed by atoms with Crippen molar-refractivity contribution < 1.29 is 24.5 Å². The third-order valence-corrected chi connectivity index (χ3v) is 3.38. The molecule has 0 aliphatic carbocycles. The molecule has 1 saturated heterocycles. The summed E-state index contributed by atoms with van der Waals surface area (Å²) in [7, 11) is 0. The second kappa shape index (κ2) is 6.58. The molecule has 1 aromatic carbocycles. The first kappa shape index (κ1) is 15.3. The van der Waals surface area contributed by atoms with Gasteiger partial charge in [0.25, 0.3) is 5.91 Å². The molecule has 0 bridgehead atoms. The van der Waals surface area contributed by atoms with Crippen LogP contribution >= 0.6 is 0 Å². The van der Waals surface area contributed by atoms with Crippen molar-refractivity contribution in [1.29, 1.82) is 0 Å². The molecule has 6 heteroatoms. The van der Waals surface area contributed by atoms with Crippen LogP contribution in [0, 0.1) is 0 Å². The number of aliphatic carboxylic acids is 1. The van der Waals surface area contributed by atoms with Crippen LogP contribution in [-0.2, 0) is 4.79 Å². The lowest BCUT2D eigenvalue weighted by atomic mass is 10.1. The minimum atomic E-state index is -1.10. The van der Waals surface area contributed by atoms with Crippen LogP contribution in [0.4, 0.5) is 0 Å². The topological polar surface area (TPSA) is 87.1 Å². The maximum Gasteiger partial charge on any atom is 0.326 e. The lowest BCUT2D eigenvalue weighted by molar-refractivity contribution is -0.141. The van der Waals surface area contributed by atoms with E-state index >= 15 is 0 Å². The summed E-state index contributed by atoms with van der Waals surface area (Å²) in [5.74, 6) is -0.923. The normalized spacial score (nSPS) is 21.3. The molecule has 114 valence electrons. The molecule has 1 aliphatic heterocycles. The van der Waals surface area contributed by atoms with Crippen molar-refractivity contribution in [2.75, 3.05) is 13.2 Å². The SMILES string of the molecule is CCCOc1cccc(C(=O)N2C[C@H](O)C[C@@H]2C(=O)O)c1. The fourth-order valence-electron chi connectivity index (χ4n) is 2.38. The lowest BCUT2D eigenvalue weighted by Crippen LogP contribution is -2.40. The van der Waals surface area contributed by atoms with Crippen LogP contribution in [0.25, 0.3) is 0 Å². The molecule has 0 saturated carbocycles. The summed E-state index contributed by atoms with van der Waals surface area (Å²) in [5.41, 5.74) is 0.365. The molecule has 0 unspecified atom stereocenters. The Hall–Kier alpha value is -2.08. The number of carbonyl (C=O) groups is 2. The zero-order valence-corrected chi connectivity index (χ0v) is 11.9. The Morgan fingerprint density at radius 2 is 2.19 bits per heavy atom. The Kier molecular flexibility index (Phi) is 4.80. The minimum Gasteiger partial charge on any atom is -0.494 e. The average Bonchev–Trinajstić information content (AvgIpc) is 2.87. The van der Waals surface area contributed by atoms with Gasteiger partial charge in [-0.1, -0.05) is 13.0 Å². The molecule has 6 nitrogen and oxygen atoms in total. The first-order chi connectivity index (χ1) is 10.0. The Morgan fingerprint density at radius 1 is 1.43 bits per heavy atom. The van der Waals surface area contributed by atoms with E-state index in [0.29, 0.717) is 17.9 Å². The highest BCUT2D eigenvalue weighted by atomic mass is 16.5. The van der Waals surface area contributed by atoms with Gasteiger partial charge in [0.2, 0.25) is 0 Å². The van der Waals surface area contributed by atoms with Crippen molar-refractivity contribution in [3.63, 3.8) is 0 Å². The Labute approximate surface area is 122 Å². The highest BCUT2D eigenvalue weighted by molar-refractivity contribution is 5.97. The number of amides is 1. The number of carboxylic acid groups (broad SMARTS) is 1. The molecule has 1 fully saturated rings. The number of hydrogen-bond donors (Lipinski definition) is 2. The minimum absolute atomic E-state index is 0.0375. The smallest absolute Gasteiger partial charge is 0.326 e. The van der Waals surface area contributed by atoms with Gasteiger partial charge in [0.1, 0.15) is 11.8 Å². The van der Waals surface area contributed by atoms with Crippen molar-refractivity contribution in [3.8, 4) is 5.75 Å². The molecule has 2 atom stereocenters. The zero-order chi connectivity index (χ0) is 15.4. The Bertz CT molecular complexity index is 531. The van der Waals surface area contributed by atoms with Crippen molar-refractivity contribution in [2.24, 2.45) is 0 Å². The predicted molar refractivity (Wildman–Crippen MR) is 75.3 cm³/mol. The molecule has 1 aromatic rings. The van der Waals surface area contributed by atoms with Gasteiger partial charge in [-0.25, -0.2) is 4.79 Å². The highest BCUT2D eigenvalue weighted by Gasteiger charge is 2.39. The van der Waals surface area contributed by atoms with Gasteiger partial charge < -0.3 is 19.8 Å². The van der Waals surface area contributed by atoms with Gasteiger partial charge in [0, 0.05) is 18.5 Å². The summed E-state index contributed by atoms with van der Waals surface area (Å²) in [6.45, 7) is 2.58. The maximum atomic E-state index is 12.4. The van der Waals surface area contributed by atoms with Crippen molar-refractivity contribution in [3.05, 3.63) is 29.8 Å². The zero-order valence-electron chi connectivity index (χ0n) is 11.9. The quantitative estimate of drug-likeness (QED) is 0.850. The van der Waals surface area contributed by atoms with Crippen molar-refractivity contribution >= 4 is 11.9 Å². The monoisotopic (exact) mass is 293 g/mol. The number of aliphatic hydroxyl groups is 1. The number of likely N-dealkylation sites (tertiary alicyclic amines) is 1. The van der Waals surface area contributed by atoms with Crippen molar-refractivity contribution in [2.45, 2.75) is 31.9 Å². The summed E-state index contributed by atoms with van der Waals surface area (Å²) < 4.78 is 5.47. The van der Waals surface area contributed by atoms with Gasteiger partial charge in [0.15, 0.2) is 0 Å². The summed E-state index contributed by atoms with van der Waals surface area (Å²) in [6.07, 6.45) is 0.125. The van der Waals surface area contributed by atoms with Gasteiger partial charge in [0.05, 0.1) is 12.7 Å². The molecule has 2 N–H and O–H groups in total.